The first-order valence-electron chi connectivity index (χ1n) is 7.24. The van der Waals surface area contributed by atoms with Gasteiger partial charge >= 0.3 is 0 Å². The predicted octanol–water partition coefficient (Wildman–Crippen LogP) is 2.99. The molecule has 0 unspecified atom stereocenters. The lowest BCUT2D eigenvalue weighted by Crippen LogP contribution is -2.26. The number of nitrogens with one attached hydrogen (secondary N) is 2. The second kappa shape index (κ2) is 6.93. The molecule has 2 aromatic carbocycles. The van der Waals surface area contributed by atoms with Gasteiger partial charge in [0.25, 0.3) is 0 Å². The van der Waals surface area contributed by atoms with Crippen molar-refractivity contribution >= 4 is 21.6 Å². The largest absolute Gasteiger partial charge is 0.326 e. The summed E-state index contributed by atoms with van der Waals surface area (Å²) in [7, 11) is -3.63. The fraction of sp³-hybridized carbons (Fsp3) is 0.235. The van der Waals surface area contributed by atoms with Gasteiger partial charge in [-0.15, -0.1) is 0 Å². The van der Waals surface area contributed by atoms with Gasteiger partial charge in [-0.25, -0.2) is 13.1 Å². The second-order valence-electron chi connectivity index (χ2n) is 5.46. The maximum absolute atomic E-state index is 12.4. The molecule has 2 N–H and O–H groups in total. The van der Waals surface area contributed by atoms with E-state index in [4.69, 9.17) is 0 Å². The van der Waals surface area contributed by atoms with E-state index in [1.807, 2.05) is 31.2 Å². The number of sulfonamides is 1. The molecule has 0 fully saturated rings. The quantitative estimate of drug-likeness (QED) is 0.884. The van der Waals surface area contributed by atoms with E-state index in [9.17, 15) is 13.2 Å². The molecule has 2 aromatic rings. The number of rotatable bonds is 5. The summed E-state index contributed by atoms with van der Waals surface area (Å²) >= 11 is 0. The lowest BCUT2D eigenvalue weighted by Gasteiger charge is -2.15. The fourth-order valence-corrected chi connectivity index (χ4v) is 3.38. The summed E-state index contributed by atoms with van der Waals surface area (Å²) in [6.45, 7) is 5.18. The Morgan fingerprint density at radius 3 is 2.09 bits per heavy atom. The van der Waals surface area contributed by atoms with E-state index in [0.29, 0.717) is 5.69 Å². The Kier molecular flexibility index (Phi) is 5.18. The SMILES string of the molecule is CC(=O)Nc1ccc(S(=O)(=O)N[C@@H](C)c2ccc(C)cc2)cc1. The van der Waals surface area contributed by atoms with Gasteiger partial charge in [0, 0.05) is 18.7 Å². The molecule has 0 spiro atoms. The standard InChI is InChI=1S/C17H20N2O3S/c1-12-4-6-15(7-5-12)13(2)19-23(21,22)17-10-8-16(9-11-17)18-14(3)20/h4-11,13,19H,1-3H3,(H,18,20)/t13-/m0/s1. The van der Waals surface area contributed by atoms with Crippen LogP contribution in [0.3, 0.4) is 0 Å². The van der Waals surface area contributed by atoms with Gasteiger partial charge in [-0.05, 0) is 43.7 Å². The maximum Gasteiger partial charge on any atom is 0.241 e. The van der Waals surface area contributed by atoms with Crippen LogP contribution in [-0.2, 0) is 14.8 Å². The van der Waals surface area contributed by atoms with Gasteiger partial charge in [0.2, 0.25) is 15.9 Å². The highest BCUT2D eigenvalue weighted by Gasteiger charge is 2.18. The molecule has 0 heterocycles. The number of benzene rings is 2. The summed E-state index contributed by atoms with van der Waals surface area (Å²) in [4.78, 5) is 11.1. The Labute approximate surface area is 136 Å². The van der Waals surface area contributed by atoms with Crippen LogP contribution in [0.25, 0.3) is 0 Å². The Morgan fingerprint density at radius 2 is 1.57 bits per heavy atom. The van der Waals surface area contributed by atoms with E-state index in [1.165, 1.54) is 19.1 Å². The number of amides is 1. The Hall–Kier alpha value is -2.18. The zero-order valence-electron chi connectivity index (χ0n) is 13.3. The third-order valence-corrected chi connectivity index (χ3v) is 4.95. The highest BCUT2D eigenvalue weighted by atomic mass is 32.2. The molecule has 0 aliphatic heterocycles. The van der Waals surface area contributed by atoms with E-state index in [0.717, 1.165) is 11.1 Å². The first-order valence-corrected chi connectivity index (χ1v) is 8.73. The maximum atomic E-state index is 12.4. The van der Waals surface area contributed by atoms with E-state index in [1.54, 1.807) is 19.1 Å². The molecular formula is C17H20N2O3S. The van der Waals surface area contributed by atoms with Crippen LogP contribution in [0.4, 0.5) is 5.69 Å². The molecule has 0 saturated heterocycles. The molecule has 0 radical (unpaired) electrons. The minimum absolute atomic E-state index is 0.158. The smallest absolute Gasteiger partial charge is 0.241 e. The summed E-state index contributed by atoms with van der Waals surface area (Å²) < 4.78 is 27.5. The molecule has 0 saturated carbocycles. The summed E-state index contributed by atoms with van der Waals surface area (Å²) in [5, 5.41) is 2.60. The van der Waals surface area contributed by atoms with Gasteiger partial charge < -0.3 is 5.32 Å². The third kappa shape index (κ3) is 4.64. The zero-order valence-corrected chi connectivity index (χ0v) is 14.1. The molecule has 0 aliphatic carbocycles. The monoisotopic (exact) mass is 332 g/mol. The highest BCUT2D eigenvalue weighted by Crippen LogP contribution is 2.19. The average Bonchev–Trinajstić information content (AvgIpc) is 2.47. The van der Waals surface area contributed by atoms with Crippen LogP contribution >= 0.6 is 0 Å². The topological polar surface area (TPSA) is 75.3 Å². The van der Waals surface area contributed by atoms with Crippen molar-refractivity contribution in [3.8, 4) is 0 Å². The number of hydrogen-bond acceptors (Lipinski definition) is 3. The summed E-state index contributed by atoms with van der Waals surface area (Å²) in [5.74, 6) is -0.202. The van der Waals surface area contributed by atoms with Crippen LogP contribution < -0.4 is 10.0 Å². The number of carbonyl (C=O) groups excluding carboxylic acids is 1. The molecule has 0 bridgehead atoms. The van der Waals surface area contributed by atoms with Crippen LogP contribution in [0.1, 0.15) is 31.0 Å². The lowest BCUT2D eigenvalue weighted by molar-refractivity contribution is -0.114. The molecule has 2 rings (SSSR count). The van der Waals surface area contributed by atoms with Crippen molar-refractivity contribution < 1.29 is 13.2 Å². The van der Waals surface area contributed by atoms with Crippen LogP contribution in [0.15, 0.2) is 53.4 Å². The van der Waals surface area contributed by atoms with Gasteiger partial charge in [-0.3, -0.25) is 4.79 Å². The predicted molar refractivity (Wildman–Crippen MR) is 90.7 cm³/mol. The normalized spacial score (nSPS) is 12.7. The van der Waals surface area contributed by atoms with Crippen molar-refractivity contribution in [2.75, 3.05) is 5.32 Å². The summed E-state index contributed by atoms with van der Waals surface area (Å²) in [6, 6.07) is 13.4. The van der Waals surface area contributed by atoms with Crippen molar-refractivity contribution in [3.63, 3.8) is 0 Å². The fourth-order valence-electron chi connectivity index (χ4n) is 2.14. The van der Waals surface area contributed by atoms with Gasteiger partial charge in [-0.2, -0.15) is 0 Å². The third-order valence-electron chi connectivity index (χ3n) is 3.39. The van der Waals surface area contributed by atoms with Crippen molar-refractivity contribution in [3.05, 3.63) is 59.7 Å². The van der Waals surface area contributed by atoms with Crippen molar-refractivity contribution in [1.29, 1.82) is 0 Å². The van der Waals surface area contributed by atoms with E-state index < -0.39 is 10.0 Å². The van der Waals surface area contributed by atoms with Gasteiger partial charge in [0.15, 0.2) is 0 Å². The summed E-state index contributed by atoms with van der Waals surface area (Å²) in [6.07, 6.45) is 0. The molecule has 0 aromatic heterocycles. The Bertz CT molecular complexity index is 782. The van der Waals surface area contributed by atoms with Gasteiger partial charge in [-0.1, -0.05) is 29.8 Å². The van der Waals surface area contributed by atoms with Crippen molar-refractivity contribution in [2.45, 2.75) is 31.7 Å². The van der Waals surface area contributed by atoms with Crippen LogP contribution in [0.5, 0.6) is 0 Å². The minimum Gasteiger partial charge on any atom is -0.326 e. The minimum atomic E-state index is -3.63. The highest BCUT2D eigenvalue weighted by molar-refractivity contribution is 7.89. The van der Waals surface area contributed by atoms with Crippen molar-refractivity contribution in [1.82, 2.24) is 4.72 Å². The molecule has 5 nitrogen and oxygen atoms in total. The molecule has 6 heteroatoms. The molecular weight excluding hydrogens is 312 g/mol. The molecule has 23 heavy (non-hydrogen) atoms. The van der Waals surface area contributed by atoms with Gasteiger partial charge in [0.1, 0.15) is 0 Å². The number of aryl methyl sites for hydroxylation is 1. The second-order valence-corrected chi connectivity index (χ2v) is 7.17. The Balaban J connectivity index is 2.14. The van der Waals surface area contributed by atoms with E-state index in [-0.39, 0.29) is 16.8 Å². The van der Waals surface area contributed by atoms with E-state index >= 15 is 0 Å². The Morgan fingerprint density at radius 1 is 1.00 bits per heavy atom. The van der Waals surface area contributed by atoms with Crippen LogP contribution in [0.2, 0.25) is 0 Å². The number of hydrogen-bond donors (Lipinski definition) is 2. The average molecular weight is 332 g/mol. The van der Waals surface area contributed by atoms with Crippen molar-refractivity contribution in [2.24, 2.45) is 0 Å². The lowest BCUT2D eigenvalue weighted by atomic mass is 10.1. The molecule has 0 aliphatic rings. The molecule has 122 valence electrons. The van der Waals surface area contributed by atoms with Gasteiger partial charge in [0.05, 0.1) is 4.90 Å². The first kappa shape index (κ1) is 17.2. The molecule has 1 amide bonds. The first-order chi connectivity index (χ1) is 10.8. The number of anilines is 1. The number of carbonyl (C=O) groups is 1. The van der Waals surface area contributed by atoms with E-state index in [2.05, 4.69) is 10.0 Å². The van der Waals surface area contributed by atoms with Crippen LogP contribution in [-0.4, -0.2) is 14.3 Å². The zero-order chi connectivity index (χ0) is 17.0. The van der Waals surface area contributed by atoms with Crippen LogP contribution in [0, 0.1) is 6.92 Å². The summed E-state index contributed by atoms with van der Waals surface area (Å²) in [5.41, 5.74) is 2.58. The molecule has 1 atom stereocenters.